The van der Waals surface area contributed by atoms with Crippen molar-refractivity contribution in [2.24, 2.45) is 0 Å². The Morgan fingerprint density at radius 3 is 2.73 bits per heavy atom. The molecule has 0 aliphatic heterocycles. The summed E-state index contributed by atoms with van der Waals surface area (Å²) in [4.78, 5) is 16.2. The summed E-state index contributed by atoms with van der Waals surface area (Å²) in [5, 5.41) is 5.15. The number of carbonyl (C=O) groups excluding carboxylic acids is 1. The van der Waals surface area contributed by atoms with Gasteiger partial charge in [0.15, 0.2) is 0 Å². The number of fused-ring (bicyclic) bond motifs is 1. The smallest absolute Gasteiger partial charge is 0.224 e. The summed E-state index contributed by atoms with van der Waals surface area (Å²) < 4.78 is 0. The third-order valence-electron chi connectivity index (χ3n) is 3.70. The number of hydrogen-bond donors (Lipinski definition) is 1. The highest BCUT2D eigenvalue weighted by Crippen LogP contribution is 2.17. The minimum atomic E-state index is 0.0558. The molecular weight excluding hydrogens is 272 g/mol. The van der Waals surface area contributed by atoms with E-state index < -0.39 is 0 Å². The van der Waals surface area contributed by atoms with E-state index in [9.17, 15) is 4.79 Å². The third kappa shape index (κ3) is 3.50. The molecule has 0 aliphatic rings. The zero-order valence-corrected chi connectivity index (χ0v) is 12.3. The van der Waals surface area contributed by atoms with Crippen molar-refractivity contribution >= 4 is 16.7 Å². The van der Waals surface area contributed by atoms with Crippen molar-refractivity contribution < 1.29 is 4.79 Å². The summed E-state index contributed by atoms with van der Waals surface area (Å²) in [7, 11) is 0. The lowest BCUT2D eigenvalue weighted by molar-refractivity contribution is -0.120. The fourth-order valence-corrected chi connectivity index (χ4v) is 2.57. The Morgan fingerprint density at radius 1 is 1.00 bits per heavy atom. The molecule has 1 heterocycles. The molecule has 3 rings (SSSR count). The average Bonchev–Trinajstić information content (AvgIpc) is 2.56. The number of nitrogens with one attached hydrogen (secondary N) is 1. The maximum Gasteiger partial charge on any atom is 0.224 e. The van der Waals surface area contributed by atoms with E-state index in [0.29, 0.717) is 13.0 Å². The van der Waals surface area contributed by atoms with Gasteiger partial charge in [0.25, 0.3) is 0 Å². The molecule has 0 aliphatic carbocycles. The molecule has 0 unspecified atom stereocenters. The Morgan fingerprint density at radius 2 is 1.86 bits per heavy atom. The maximum atomic E-state index is 12.1. The first kappa shape index (κ1) is 14.3. The van der Waals surface area contributed by atoms with Gasteiger partial charge in [-0.1, -0.05) is 48.5 Å². The highest BCUT2D eigenvalue weighted by Gasteiger charge is 2.06. The Labute approximate surface area is 130 Å². The predicted molar refractivity (Wildman–Crippen MR) is 88.6 cm³/mol. The van der Waals surface area contributed by atoms with Crippen LogP contribution in [0.1, 0.15) is 11.1 Å². The fourth-order valence-electron chi connectivity index (χ4n) is 2.57. The van der Waals surface area contributed by atoms with Gasteiger partial charge in [0.2, 0.25) is 5.91 Å². The molecule has 2 aromatic carbocycles. The fraction of sp³-hybridized carbons (Fsp3) is 0.158. The van der Waals surface area contributed by atoms with Crippen LogP contribution in [-0.4, -0.2) is 17.4 Å². The first-order valence-electron chi connectivity index (χ1n) is 7.45. The van der Waals surface area contributed by atoms with E-state index in [2.05, 4.69) is 22.4 Å². The molecule has 0 fully saturated rings. The molecule has 0 saturated carbocycles. The van der Waals surface area contributed by atoms with E-state index in [4.69, 9.17) is 0 Å². The van der Waals surface area contributed by atoms with E-state index in [1.807, 2.05) is 48.7 Å². The summed E-state index contributed by atoms with van der Waals surface area (Å²) >= 11 is 0. The van der Waals surface area contributed by atoms with E-state index >= 15 is 0 Å². The minimum Gasteiger partial charge on any atom is -0.355 e. The van der Waals surface area contributed by atoms with Gasteiger partial charge in [-0.05, 0) is 29.0 Å². The predicted octanol–water partition coefficient (Wildman–Crippen LogP) is 3.14. The van der Waals surface area contributed by atoms with Crippen LogP contribution >= 0.6 is 0 Å². The lowest BCUT2D eigenvalue weighted by atomic mass is 10.0. The average molecular weight is 290 g/mol. The zero-order valence-electron chi connectivity index (χ0n) is 12.3. The highest BCUT2D eigenvalue weighted by molar-refractivity contribution is 5.89. The second-order valence-electron chi connectivity index (χ2n) is 5.28. The van der Waals surface area contributed by atoms with Gasteiger partial charge in [0.1, 0.15) is 0 Å². The van der Waals surface area contributed by atoms with Gasteiger partial charge in [0, 0.05) is 24.3 Å². The molecule has 1 aromatic heterocycles. The van der Waals surface area contributed by atoms with Gasteiger partial charge in [-0.15, -0.1) is 0 Å². The molecule has 0 atom stereocenters. The lowest BCUT2D eigenvalue weighted by Gasteiger charge is -2.08. The monoisotopic (exact) mass is 290 g/mol. The number of rotatable bonds is 5. The molecule has 3 aromatic rings. The third-order valence-corrected chi connectivity index (χ3v) is 3.70. The van der Waals surface area contributed by atoms with Crippen molar-refractivity contribution in [3.63, 3.8) is 0 Å². The summed E-state index contributed by atoms with van der Waals surface area (Å²) in [6.07, 6.45) is 4.84. The molecule has 3 heteroatoms. The van der Waals surface area contributed by atoms with E-state index in [1.54, 1.807) is 6.20 Å². The topological polar surface area (TPSA) is 42.0 Å². The molecule has 22 heavy (non-hydrogen) atoms. The standard InChI is InChI=1S/C19H18N2O/c22-19(21-12-9-15-5-2-1-3-6-15)13-16-7-4-8-17-14-20-11-10-18(16)17/h1-8,10-11,14H,9,12-13H2,(H,21,22). The van der Waals surface area contributed by atoms with Gasteiger partial charge in [-0.3, -0.25) is 9.78 Å². The van der Waals surface area contributed by atoms with Gasteiger partial charge >= 0.3 is 0 Å². The summed E-state index contributed by atoms with van der Waals surface area (Å²) in [6, 6.07) is 18.1. The minimum absolute atomic E-state index is 0.0558. The Balaban J connectivity index is 1.59. The SMILES string of the molecule is O=C(Cc1cccc2cnccc12)NCCc1ccccc1. The van der Waals surface area contributed by atoms with Crippen molar-refractivity contribution in [1.29, 1.82) is 0 Å². The van der Waals surface area contributed by atoms with Crippen molar-refractivity contribution in [3.05, 3.63) is 78.1 Å². The molecule has 3 nitrogen and oxygen atoms in total. The molecular formula is C19H18N2O. The molecule has 0 spiro atoms. The van der Waals surface area contributed by atoms with Crippen LogP contribution in [0.4, 0.5) is 0 Å². The molecule has 0 bridgehead atoms. The molecule has 1 amide bonds. The van der Waals surface area contributed by atoms with Crippen LogP contribution in [0, 0.1) is 0 Å². The number of pyridine rings is 1. The second-order valence-corrected chi connectivity index (χ2v) is 5.28. The van der Waals surface area contributed by atoms with Crippen LogP contribution in [-0.2, 0) is 17.6 Å². The first-order valence-corrected chi connectivity index (χ1v) is 7.45. The van der Waals surface area contributed by atoms with Gasteiger partial charge in [-0.25, -0.2) is 0 Å². The highest BCUT2D eigenvalue weighted by atomic mass is 16.1. The molecule has 0 radical (unpaired) electrons. The van der Waals surface area contributed by atoms with Crippen LogP contribution < -0.4 is 5.32 Å². The van der Waals surface area contributed by atoms with Crippen molar-refractivity contribution in [2.45, 2.75) is 12.8 Å². The zero-order chi connectivity index (χ0) is 15.2. The number of aromatic nitrogens is 1. The number of carbonyl (C=O) groups is 1. The quantitative estimate of drug-likeness (QED) is 0.784. The van der Waals surface area contributed by atoms with Crippen LogP contribution in [0.25, 0.3) is 10.8 Å². The molecule has 0 saturated heterocycles. The van der Waals surface area contributed by atoms with E-state index in [1.165, 1.54) is 5.56 Å². The van der Waals surface area contributed by atoms with Crippen LogP contribution in [0.2, 0.25) is 0 Å². The summed E-state index contributed by atoms with van der Waals surface area (Å²) in [5.41, 5.74) is 2.27. The van der Waals surface area contributed by atoms with Gasteiger partial charge in [-0.2, -0.15) is 0 Å². The number of hydrogen-bond acceptors (Lipinski definition) is 2. The molecule has 110 valence electrons. The van der Waals surface area contributed by atoms with Crippen molar-refractivity contribution in [1.82, 2.24) is 10.3 Å². The van der Waals surface area contributed by atoms with Crippen molar-refractivity contribution in [2.75, 3.05) is 6.54 Å². The second kappa shape index (κ2) is 6.85. The number of amides is 1. The van der Waals surface area contributed by atoms with E-state index in [-0.39, 0.29) is 5.91 Å². The van der Waals surface area contributed by atoms with Crippen molar-refractivity contribution in [3.8, 4) is 0 Å². The lowest BCUT2D eigenvalue weighted by Crippen LogP contribution is -2.27. The Hall–Kier alpha value is -2.68. The largest absolute Gasteiger partial charge is 0.355 e. The Kier molecular flexibility index (Phi) is 4.44. The van der Waals surface area contributed by atoms with Crippen LogP contribution in [0.5, 0.6) is 0 Å². The first-order chi connectivity index (χ1) is 10.8. The number of benzene rings is 2. The summed E-state index contributed by atoms with van der Waals surface area (Å²) in [5.74, 6) is 0.0558. The van der Waals surface area contributed by atoms with Crippen LogP contribution in [0.3, 0.4) is 0 Å². The number of nitrogens with zero attached hydrogens (tertiary/aromatic N) is 1. The van der Waals surface area contributed by atoms with Gasteiger partial charge < -0.3 is 5.32 Å². The van der Waals surface area contributed by atoms with Crippen LogP contribution in [0.15, 0.2) is 67.0 Å². The normalized spacial score (nSPS) is 10.5. The Bertz CT molecular complexity index is 763. The molecule has 1 N–H and O–H groups in total. The maximum absolute atomic E-state index is 12.1. The summed E-state index contributed by atoms with van der Waals surface area (Å²) in [6.45, 7) is 0.662. The van der Waals surface area contributed by atoms with Gasteiger partial charge in [0.05, 0.1) is 6.42 Å². The van der Waals surface area contributed by atoms with E-state index in [0.717, 1.165) is 22.8 Å².